The van der Waals surface area contributed by atoms with E-state index in [1.165, 1.54) is 55.7 Å². The Bertz CT molecular complexity index is 451. The predicted octanol–water partition coefficient (Wildman–Crippen LogP) is 7.81. The molecule has 0 N–H and O–H groups in total. The lowest BCUT2D eigenvalue weighted by atomic mass is 10.1. The third-order valence-corrected chi connectivity index (χ3v) is 11.0. The largest absolute Gasteiger partial charge is 0.543 e. The van der Waals surface area contributed by atoms with E-state index in [1.54, 1.807) is 0 Å². The van der Waals surface area contributed by atoms with Gasteiger partial charge >= 0.3 is 0 Å². The maximum absolute atomic E-state index is 6.85. The van der Waals surface area contributed by atoms with Crippen LogP contribution in [0, 0.1) is 13.8 Å². The Balaban J connectivity index is 2.82. The number of benzene rings is 1. The molecule has 2 heteroatoms. The standard InChI is InChI=1S/C22H40OSi/c1-8-9-10-11-12-13-14-24(18(2)3,19(4)5)23-22-16-20(6)15-21(7)17-22/h15-19H,8-14H2,1-7H3. The monoisotopic (exact) mass is 348 g/mol. The van der Waals surface area contributed by atoms with Crippen LogP contribution in [-0.2, 0) is 0 Å². The van der Waals surface area contributed by atoms with Gasteiger partial charge in [-0.05, 0) is 54.2 Å². The van der Waals surface area contributed by atoms with Crippen molar-refractivity contribution in [2.75, 3.05) is 0 Å². The lowest BCUT2D eigenvalue weighted by Gasteiger charge is -2.39. The molecule has 1 aromatic carbocycles. The molecule has 0 unspecified atom stereocenters. The maximum atomic E-state index is 6.85. The van der Waals surface area contributed by atoms with Gasteiger partial charge in [0.2, 0.25) is 0 Å². The Hall–Kier alpha value is -0.763. The van der Waals surface area contributed by atoms with Crippen LogP contribution in [0.25, 0.3) is 0 Å². The van der Waals surface area contributed by atoms with E-state index in [-0.39, 0.29) is 0 Å². The van der Waals surface area contributed by atoms with Crippen molar-refractivity contribution in [3.8, 4) is 5.75 Å². The number of unbranched alkanes of at least 4 members (excludes halogenated alkanes) is 5. The van der Waals surface area contributed by atoms with Crippen molar-refractivity contribution < 1.29 is 4.43 Å². The van der Waals surface area contributed by atoms with Gasteiger partial charge in [0.15, 0.2) is 0 Å². The Kier molecular flexibility index (Phi) is 9.11. The second-order valence-corrected chi connectivity index (χ2v) is 13.1. The molecule has 0 atom stereocenters. The molecule has 1 aromatic rings. The summed E-state index contributed by atoms with van der Waals surface area (Å²) in [4.78, 5) is 0. The molecule has 138 valence electrons. The lowest BCUT2D eigenvalue weighted by Crippen LogP contribution is -2.47. The number of aryl methyl sites for hydroxylation is 2. The molecule has 24 heavy (non-hydrogen) atoms. The first kappa shape index (κ1) is 21.3. The van der Waals surface area contributed by atoms with Crippen LogP contribution < -0.4 is 4.43 Å². The first-order chi connectivity index (χ1) is 11.3. The van der Waals surface area contributed by atoms with Crippen LogP contribution in [0.1, 0.15) is 84.3 Å². The van der Waals surface area contributed by atoms with Gasteiger partial charge in [0, 0.05) is 0 Å². The molecule has 0 aliphatic rings. The minimum atomic E-state index is -1.81. The maximum Gasteiger partial charge on any atom is 0.256 e. The third-order valence-electron chi connectivity index (χ3n) is 5.38. The highest BCUT2D eigenvalue weighted by molar-refractivity contribution is 6.77. The fourth-order valence-corrected chi connectivity index (χ4v) is 8.34. The third kappa shape index (κ3) is 6.27. The van der Waals surface area contributed by atoms with Crippen molar-refractivity contribution in [3.05, 3.63) is 29.3 Å². The molecule has 0 saturated carbocycles. The molecular weight excluding hydrogens is 308 g/mol. The van der Waals surface area contributed by atoms with Crippen LogP contribution in [0.15, 0.2) is 18.2 Å². The van der Waals surface area contributed by atoms with E-state index in [9.17, 15) is 0 Å². The van der Waals surface area contributed by atoms with Gasteiger partial charge in [-0.2, -0.15) is 0 Å². The van der Waals surface area contributed by atoms with Gasteiger partial charge in [-0.3, -0.25) is 0 Å². The SMILES string of the molecule is CCCCCCCC[Si](Oc1cc(C)cc(C)c1)(C(C)C)C(C)C. The molecule has 0 saturated heterocycles. The van der Waals surface area contributed by atoms with Gasteiger partial charge in [-0.25, -0.2) is 0 Å². The van der Waals surface area contributed by atoms with E-state index in [2.05, 4.69) is 66.7 Å². The molecule has 0 amide bonds. The highest BCUT2D eigenvalue weighted by atomic mass is 28.4. The molecule has 0 fully saturated rings. The Morgan fingerprint density at radius 3 is 1.79 bits per heavy atom. The molecule has 0 aliphatic heterocycles. The van der Waals surface area contributed by atoms with Crippen LogP contribution in [0.2, 0.25) is 17.1 Å². The number of rotatable bonds is 11. The topological polar surface area (TPSA) is 9.23 Å². The van der Waals surface area contributed by atoms with E-state index < -0.39 is 8.32 Å². The van der Waals surface area contributed by atoms with Gasteiger partial charge in [-0.15, -0.1) is 0 Å². The molecule has 0 aromatic heterocycles. The highest BCUT2D eigenvalue weighted by Crippen LogP contribution is 2.39. The van der Waals surface area contributed by atoms with Crippen LogP contribution in [0.3, 0.4) is 0 Å². The summed E-state index contributed by atoms with van der Waals surface area (Å²) < 4.78 is 6.85. The van der Waals surface area contributed by atoms with Crippen molar-refractivity contribution in [3.63, 3.8) is 0 Å². The molecule has 0 spiro atoms. The lowest BCUT2D eigenvalue weighted by molar-refractivity contribution is 0.486. The Morgan fingerprint density at radius 1 is 0.792 bits per heavy atom. The molecule has 1 nitrogen and oxygen atoms in total. The average Bonchev–Trinajstić information content (AvgIpc) is 2.47. The minimum Gasteiger partial charge on any atom is -0.543 e. The van der Waals surface area contributed by atoms with Crippen LogP contribution >= 0.6 is 0 Å². The fourth-order valence-electron chi connectivity index (χ4n) is 3.92. The van der Waals surface area contributed by atoms with Gasteiger partial charge < -0.3 is 4.43 Å². The summed E-state index contributed by atoms with van der Waals surface area (Å²) in [6.07, 6.45) is 8.19. The van der Waals surface area contributed by atoms with E-state index in [1.807, 2.05) is 0 Å². The normalized spacial score (nSPS) is 12.2. The zero-order chi connectivity index (χ0) is 18.2. The number of hydrogen-bond donors (Lipinski definition) is 0. The zero-order valence-corrected chi connectivity index (χ0v) is 18.2. The summed E-state index contributed by atoms with van der Waals surface area (Å²) >= 11 is 0. The zero-order valence-electron chi connectivity index (χ0n) is 17.2. The van der Waals surface area contributed by atoms with Crippen molar-refractivity contribution in [1.82, 2.24) is 0 Å². The van der Waals surface area contributed by atoms with E-state index in [4.69, 9.17) is 4.43 Å². The van der Waals surface area contributed by atoms with Gasteiger partial charge in [0.1, 0.15) is 5.75 Å². The molecule has 1 rings (SSSR count). The van der Waals surface area contributed by atoms with Gasteiger partial charge in [-0.1, -0.05) is 79.2 Å². The van der Waals surface area contributed by atoms with E-state index in [0.717, 1.165) is 5.75 Å². The van der Waals surface area contributed by atoms with Gasteiger partial charge in [0.25, 0.3) is 8.32 Å². The summed E-state index contributed by atoms with van der Waals surface area (Å²) in [5.41, 5.74) is 3.91. The minimum absolute atomic E-state index is 0.647. The summed E-state index contributed by atoms with van der Waals surface area (Å²) in [7, 11) is -1.81. The van der Waals surface area contributed by atoms with Crippen molar-refractivity contribution in [1.29, 1.82) is 0 Å². The average molecular weight is 349 g/mol. The van der Waals surface area contributed by atoms with Crippen molar-refractivity contribution in [2.24, 2.45) is 0 Å². The smallest absolute Gasteiger partial charge is 0.256 e. The summed E-state index contributed by atoms with van der Waals surface area (Å²) in [5.74, 6) is 1.10. The van der Waals surface area contributed by atoms with Crippen molar-refractivity contribution in [2.45, 2.75) is 104 Å². The predicted molar refractivity (Wildman–Crippen MR) is 111 cm³/mol. The highest BCUT2D eigenvalue weighted by Gasteiger charge is 2.43. The Labute approximate surface area is 152 Å². The van der Waals surface area contributed by atoms with E-state index in [0.29, 0.717) is 11.1 Å². The second-order valence-electron chi connectivity index (χ2n) is 8.21. The van der Waals surface area contributed by atoms with E-state index >= 15 is 0 Å². The summed E-state index contributed by atoms with van der Waals surface area (Å²) in [5, 5.41) is 0. The first-order valence-corrected chi connectivity index (χ1v) is 12.4. The quantitative estimate of drug-likeness (QED) is 0.293. The molecule has 0 heterocycles. The first-order valence-electron chi connectivity index (χ1n) is 10.1. The van der Waals surface area contributed by atoms with Crippen LogP contribution in [-0.4, -0.2) is 8.32 Å². The molecule has 0 aliphatic carbocycles. The number of hydrogen-bond acceptors (Lipinski definition) is 1. The second kappa shape index (κ2) is 10.3. The van der Waals surface area contributed by atoms with Gasteiger partial charge in [0.05, 0.1) is 0 Å². The van der Waals surface area contributed by atoms with Crippen LogP contribution in [0.4, 0.5) is 0 Å². The fraction of sp³-hybridized carbons (Fsp3) is 0.727. The van der Waals surface area contributed by atoms with Crippen LogP contribution in [0.5, 0.6) is 5.75 Å². The molecule has 0 radical (unpaired) electrons. The van der Waals surface area contributed by atoms with Crippen molar-refractivity contribution >= 4 is 8.32 Å². The Morgan fingerprint density at radius 2 is 1.29 bits per heavy atom. The molecule has 0 bridgehead atoms. The molecular formula is C22H40OSi. The summed E-state index contributed by atoms with van der Waals surface area (Å²) in [6.45, 7) is 16.1. The summed E-state index contributed by atoms with van der Waals surface area (Å²) in [6, 6.07) is 7.97.